The number of thioether (sulfide) groups is 1. The number of nitrogens with one attached hydrogen (secondary N) is 1. The van der Waals surface area contributed by atoms with Crippen molar-refractivity contribution in [2.24, 2.45) is 4.99 Å². The normalized spacial score (nSPS) is 16.2. The van der Waals surface area contributed by atoms with E-state index in [2.05, 4.69) is 56.9 Å². The van der Waals surface area contributed by atoms with Crippen molar-refractivity contribution in [2.45, 2.75) is 52.1 Å². The van der Waals surface area contributed by atoms with Crippen LogP contribution in [0.15, 0.2) is 78.0 Å². The number of hydrogen-bond donors (Lipinski definition) is 1. The van der Waals surface area contributed by atoms with E-state index in [0.29, 0.717) is 16.7 Å². The Morgan fingerprint density at radius 1 is 1.09 bits per heavy atom. The van der Waals surface area contributed by atoms with E-state index in [4.69, 9.17) is 4.74 Å². The van der Waals surface area contributed by atoms with E-state index in [0.717, 1.165) is 40.3 Å². The summed E-state index contributed by atoms with van der Waals surface area (Å²) in [7, 11) is 1.64. The molecule has 0 aliphatic carbocycles. The Hall–Kier alpha value is -4.52. The number of carbonyl (C=O) groups excluding carboxylic acids is 1. The molecule has 9 nitrogen and oxygen atoms in total. The molecular formula is C32H33F3N6O3S. The fourth-order valence-electron chi connectivity index (χ4n) is 4.88. The highest BCUT2D eigenvalue weighted by molar-refractivity contribution is 8.14. The molecule has 3 aromatic carbocycles. The van der Waals surface area contributed by atoms with Gasteiger partial charge >= 0.3 is 12.4 Å². The molecule has 236 valence electrons. The fourth-order valence-corrected chi connectivity index (χ4v) is 6.08. The zero-order chi connectivity index (χ0) is 32.1. The van der Waals surface area contributed by atoms with E-state index in [9.17, 15) is 18.0 Å². The lowest BCUT2D eigenvalue weighted by Crippen LogP contribution is -2.42. The lowest BCUT2D eigenvalue weighted by atomic mass is 9.99. The fraction of sp³-hybridized carbons (Fsp3) is 0.312. The topological polar surface area (TPSA) is 93.9 Å². The quantitative estimate of drug-likeness (QED) is 0.213. The number of halogens is 3. The van der Waals surface area contributed by atoms with Gasteiger partial charge in [0.15, 0.2) is 11.0 Å². The van der Waals surface area contributed by atoms with Gasteiger partial charge in [0.1, 0.15) is 17.8 Å². The van der Waals surface area contributed by atoms with Gasteiger partial charge in [0, 0.05) is 30.0 Å². The third-order valence-corrected chi connectivity index (χ3v) is 8.20. The molecule has 1 aromatic heterocycles. The Labute approximate surface area is 263 Å². The van der Waals surface area contributed by atoms with E-state index < -0.39 is 12.4 Å². The number of carbonyl (C=O) groups is 1. The molecule has 1 unspecified atom stereocenters. The molecular weight excluding hydrogens is 605 g/mol. The van der Waals surface area contributed by atoms with E-state index >= 15 is 0 Å². The third kappa shape index (κ3) is 7.96. The monoisotopic (exact) mass is 638 g/mol. The smallest absolute Gasteiger partial charge is 0.497 e. The van der Waals surface area contributed by atoms with Crippen LogP contribution in [-0.2, 0) is 6.54 Å². The molecule has 1 N–H and O–H groups in total. The SMILES string of the molecule is COc1ccc(C(C)C)c(N2/C(=N/C(=O)NCc3ccc(-c4ncn(-c5ccc(OC(F)(F)F)cc5)n4)cc3)SCCC2C)c1. The maximum absolute atomic E-state index is 13.0. The summed E-state index contributed by atoms with van der Waals surface area (Å²) in [5, 5.41) is 7.97. The summed E-state index contributed by atoms with van der Waals surface area (Å²) in [6, 6.07) is 18.5. The van der Waals surface area contributed by atoms with Gasteiger partial charge in [0.25, 0.3) is 0 Å². The molecule has 13 heteroatoms. The molecule has 0 saturated carbocycles. The molecule has 0 bridgehead atoms. The van der Waals surface area contributed by atoms with E-state index in [-0.39, 0.29) is 24.3 Å². The first-order valence-corrected chi connectivity index (χ1v) is 15.3. The van der Waals surface area contributed by atoms with Gasteiger partial charge in [-0.1, -0.05) is 55.9 Å². The summed E-state index contributed by atoms with van der Waals surface area (Å²) in [5.74, 6) is 2.02. The number of alkyl halides is 3. The van der Waals surface area contributed by atoms with Crippen molar-refractivity contribution in [3.8, 4) is 28.6 Å². The molecule has 45 heavy (non-hydrogen) atoms. The van der Waals surface area contributed by atoms with Gasteiger partial charge in [-0.2, -0.15) is 4.99 Å². The minimum Gasteiger partial charge on any atom is -0.497 e. The minimum atomic E-state index is -4.76. The third-order valence-electron chi connectivity index (χ3n) is 7.21. The van der Waals surface area contributed by atoms with E-state index in [1.165, 1.54) is 35.3 Å². The van der Waals surface area contributed by atoms with Crippen molar-refractivity contribution in [3.63, 3.8) is 0 Å². The number of amidine groups is 1. The highest BCUT2D eigenvalue weighted by Crippen LogP contribution is 2.37. The first-order valence-electron chi connectivity index (χ1n) is 14.3. The second kappa shape index (κ2) is 13.6. The number of benzene rings is 3. The maximum Gasteiger partial charge on any atom is 0.573 e. The number of amides is 2. The molecule has 1 fully saturated rings. The summed E-state index contributed by atoms with van der Waals surface area (Å²) in [5.41, 5.74) is 4.29. The summed E-state index contributed by atoms with van der Waals surface area (Å²) in [6.45, 7) is 6.70. The Morgan fingerprint density at radius 2 is 1.80 bits per heavy atom. The summed E-state index contributed by atoms with van der Waals surface area (Å²) in [6.07, 6.45) is -2.32. The van der Waals surface area contributed by atoms with Crippen LogP contribution in [0.25, 0.3) is 17.1 Å². The molecule has 1 aliphatic rings. The molecule has 4 aromatic rings. The summed E-state index contributed by atoms with van der Waals surface area (Å²) >= 11 is 1.56. The zero-order valence-electron chi connectivity index (χ0n) is 25.2. The zero-order valence-corrected chi connectivity index (χ0v) is 26.0. The van der Waals surface area contributed by atoms with Crippen LogP contribution in [0.5, 0.6) is 11.5 Å². The van der Waals surface area contributed by atoms with Gasteiger partial charge in [-0.3, -0.25) is 0 Å². The van der Waals surface area contributed by atoms with Crippen molar-refractivity contribution in [1.82, 2.24) is 20.1 Å². The largest absolute Gasteiger partial charge is 0.573 e. The predicted molar refractivity (Wildman–Crippen MR) is 169 cm³/mol. The van der Waals surface area contributed by atoms with Gasteiger partial charge in [-0.25, -0.2) is 14.5 Å². The van der Waals surface area contributed by atoms with Crippen molar-refractivity contribution in [3.05, 3.63) is 84.2 Å². The standard InChI is InChI=1S/C32H33F3N6O3S/c1-20(2)27-14-13-26(43-4)17-28(27)41-21(3)15-16-45-31(41)38-30(42)36-18-22-5-7-23(8-6-22)29-37-19-40(39-29)24-9-11-25(12-10-24)44-32(33,34)35/h5-14,17,19-21H,15-16,18H2,1-4H3,(H,36,42)/b38-31-. The predicted octanol–water partition coefficient (Wildman–Crippen LogP) is 7.56. The second-order valence-electron chi connectivity index (χ2n) is 10.7. The Morgan fingerprint density at radius 3 is 2.47 bits per heavy atom. The van der Waals surface area contributed by atoms with Crippen molar-refractivity contribution in [1.29, 1.82) is 0 Å². The molecule has 0 radical (unpaired) electrons. The average molecular weight is 639 g/mol. The maximum atomic E-state index is 13.0. The first-order chi connectivity index (χ1) is 21.5. The molecule has 2 amide bonds. The van der Waals surface area contributed by atoms with Gasteiger partial charge < -0.3 is 19.7 Å². The highest BCUT2D eigenvalue weighted by atomic mass is 32.2. The molecule has 2 heterocycles. The van der Waals surface area contributed by atoms with Crippen LogP contribution in [0.1, 0.15) is 44.2 Å². The van der Waals surface area contributed by atoms with Gasteiger partial charge in [-0.15, -0.1) is 18.3 Å². The van der Waals surface area contributed by atoms with Crippen LogP contribution in [-0.4, -0.2) is 51.2 Å². The number of aromatic nitrogens is 3. The number of hydrogen-bond acceptors (Lipinski definition) is 6. The van der Waals surface area contributed by atoms with Crippen molar-refractivity contribution in [2.75, 3.05) is 17.8 Å². The minimum absolute atomic E-state index is 0.162. The highest BCUT2D eigenvalue weighted by Gasteiger charge is 2.31. The van der Waals surface area contributed by atoms with Crippen molar-refractivity contribution >= 4 is 28.6 Å². The number of anilines is 1. The Bertz CT molecular complexity index is 1660. The van der Waals surface area contributed by atoms with Gasteiger partial charge in [-0.05, 0) is 60.7 Å². The molecule has 0 spiro atoms. The van der Waals surface area contributed by atoms with Gasteiger partial charge in [0.2, 0.25) is 0 Å². The Kier molecular flexibility index (Phi) is 9.66. The Balaban J connectivity index is 1.24. The number of urea groups is 1. The molecule has 5 rings (SSSR count). The molecule has 1 aliphatic heterocycles. The van der Waals surface area contributed by atoms with Crippen LogP contribution < -0.4 is 19.7 Å². The van der Waals surface area contributed by atoms with Crippen LogP contribution in [0.3, 0.4) is 0 Å². The lowest BCUT2D eigenvalue weighted by Gasteiger charge is -2.37. The second-order valence-corrected chi connectivity index (χ2v) is 11.8. The average Bonchev–Trinajstić information content (AvgIpc) is 3.50. The lowest BCUT2D eigenvalue weighted by molar-refractivity contribution is -0.274. The first kappa shape index (κ1) is 31.9. The number of methoxy groups -OCH3 is 1. The molecule has 1 saturated heterocycles. The number of nitrogens with zero attached hydrogens (tertiary/aromatic N) is 5. The van der Waals surface area contributed by atoms with Crippen LogP contribution in [0.2, 0.25) is 0 Å². The number of ether oxygens (including phenoxy) is 2. The summed E-state index contributed by atoms with van der Waals surface area (Å²) < 4.78 is 48.2. The van der Waals surface area contributed by atoms with Gasteiger partial charge in [0.05, 0.1) is 18.5 Å². The number of rotatable bonds is 8. The number of aliphatic imine (C=N–C) groups is 1. The van der Waals surface area contributed by atoms with Crippen molar-refractivity contribution < 1.29 is 27.4 Å². The van der Waals surface area contributed by atoms with Crippen LogP contribution >= 0.6 is 11.8 Å². The summed E-state index contributed by atoms with van der Waals surface area (Å²) in [4.78, 5) is 23.9. The van der Waals surface area contributed by atoms with E-state index in [1.807, 2.05) is 36.4 Å². The van der Waals surface area contributed by atoms with Crippen LogP contribution in [0.4, 0.5) is 23.7 Å². The van der Waals surface area contributed by atoms with Crippen LogP contribution in [0, 0.1) is 0 Å². The molecule has 1 atom stereocenters. The van der Waals surface area contributed by atoms with E-state index in [1.54, 1.807) is 18.9 Å².